The number of ether oxygens (including phenoxy) is 1. The average Bonchev–Trinajstić information content (AvgIpc) is 2.60. The maximum atomic E-state index is 11.6. The first-order valence-electron chi connectivity index (χ1n) is 6.46. The van der Waals surface area contributed by atoms with E-state index in [1.807, 2.05) is 0 Å². The zero-order valence-corrected chi connectivity index (χ0v) is 11.9. The van der Waals surface area contributed by atoms with Gasteiger partial charge in [-0.25, -0.2) is 4.79 Å². The van der Waals surface area contributed by atoms with Crippen molar-refractivity contribution >= 4 is 17.8 Å². The van der Waals surface area contributed by atoms with Crippen molar-refractivity contribution < 1.29 is 19.1 Å². The fourth-order valence-corrected chi connectivity index (χ4v) is 1.93. The highest BCUT2D eigenvalue weighted by Crippen LogP contribution is 2.17. The molecule has 2 unspecified atom stereocenters. The van der Waals surface area contributed by atoms with Crippen molar-refractivity contribution in [3.05, 3.63) is 0 Å². The molecule has 1 aliphatic rings. The molecule has 2 atom stereocenters. The molecule has 108 valence electrons. The van der Waals surface area contributed by atoms with Gasteiger partial charge in [0.25, 0.3) is 0 Å². The predicted octanol–water partition coefficient (Wildman–Crippen LogP) is 0.995. The number of hydrogen-bond donors (Lipinski definition) is 2. The predicted molar refractivity (Wildman–Crippen MR) is 69.6 cm³/mol. The fourth-order valence-electron chi connectivity index (χ4n) is 1.93. The molecule has 6 heteroatoms. The van der Waals surface area contributed by atoms with Gasteiger partial charge in [-0.2, -0.15) is 0 Å². The highest BCUT2D eigenvalue weighted by atomic mass is 16.6. The van der Waals surface area contributed by atoms with Crippen LogP contribution < -0.4 is 10.6 Å². The molecule has 0 spiro atoms. The smallest absolute Gasteiger partial charge is 0.408 e. The third-order valence-corrected chi connectivity index (χ3v) is 2.86. The third kappa shape index (κ3) is 5.28. The molecular formula is C13H22N2O4. The standard InChI is InChI=1S/C13H22N2O4/c1-8(16)10(7-9-5-6-14-11(9)17)15-12(18)19-13(2,3)4/h9-10H,5-7H2,1-4H3,(H,14,17)(H,15,18). The molecule has 0 aromatic carbocycles. The van der Waals surface area contributed by atoms with Gasteiger partial charge in [-0.05, 0) is 40.5 Å². The number of amides is 2. The lowest BCUT2D eigenvalue weighted by molar-refractivity contribution is -0.123. The number of rotatable bonds is 4. The molecule has 1 aliphatic heterocycles. The normalized spacial score (nSPS) is 20.6. The lowest BCUT2D eigenvalue weighted by atomic mass is 9.96. The Morgan fingerprint density at radius 2 is 2.11 bits per heavy atom. The van der Waals surface area contributed by atoms with E-state index in [9.17, 15) is 14.4 Å². The van der Waals surface area contributed by atoms with E-state index in [1.165, 1.54) is 6.92 Å². The highest BCUT2D eigenvalue weighted by molar-refractivity contribution is 5.87. The van der Waals surface area contributed by atoms with Crippen molar-refractivity contribution in [3.8, 4) is 0 Å². The molecule has 19 heavy (non-hydrogen) atoms. The minimum Gasteiger partial charge on any atom is -0.444 e. The van der Waals surface area contributed by atoms with Gasteiger partial charge in [-0.3, -0.25) is 9.59 Å². The Hall–Kier alpha value is -1.59. The summed E-state index contributed by atoms with van der Waals surface area (Å²) in [5, 5.41) is 5.24. The summed E-state index contributed by atoms with van der Waals surface area (Å²) in [4.78, 5) is 34.7. The number of alkyl carbamates (subject to hydrolysis) is 1. The molecule has 0 radical (unpaired) electrons. The van der Waals surface area contributed by atoms with Crippen molar-refractivity contribution in [2.45, 2.75) is 52.2 Å². The van der Waals surface area contributed by atoms with Crippen LogP contribution in [-0.4, -0.2) is 36.0 Å². The average molecular weight is 270 g/mol. The summed E-state index contributed by atoms with van der Waals surface area (Å²) in [6, 6.07) is -0.677. The number of carbonyl (C=O) groups excluding carboxylic acids is 3. The largest absolute Gasteiger partial charge is 0.444 e. The van der Waals surface area contributed by atoms with Crippen molar-refractivity contribution in [2.75, 3.05) is 6.54 Å². The van der Waals surface area contributed by atoms with Crippen molar-refractivity contribution in [1.29, 1.82) is 0 Å². The Balaban J connectivity index is 2.56. The molecule has 0 saturated carbocycles. The minimum absolute atomic E-state index is 0.0581. The van der Waals surface area contributed by atoms with Crippen LogP contribution in [-0.2, 0) is 14.3 Å². The Labute approximate surface area is 113 Å². The Kier molecular flexibility index (Phi) is 4.91. The van der Waals surface area contributed by atoms with Crippen LogP contribution in [0.15, 0.2) is 0 Å². The van der Waals surface area contributed by atoms with E-state index in [4.69, 9.17) is 4.74 Å². The Bertz CT molecular complexity index is 373. The number of carbonyl (C=O) groups is 3. The van der Waals surface area contributed by atoms with Crippen LogP contribution in [0, 0.1) is 5.92 Å². The molecule has 0 aliphatic carbocycles. The zero-order valence-electron chi connectivity index (χ0n) is 11.9. The summed E-state index contributed by atoms with van der Waals surface area (Å²) in [6.07, 6.45) is 0.380. The van der Waals surface area contributed by atoms with Crippen molar-refractivity contribution in [2.24, 2.45) is 5.92 Å². The van der Waals surface area contributed by atoms with Crippen LogP contribution in [0.25, 0.3) is 0 Å². The lowest BCUT2D eigenvalue weighted by Gasteiger charge is -2.23. The molecule has 0 aromatic heterocycles. The number of nitrogens with one attached hydrogen (secondary N) is 2. The molecule has 1 heterocycles. The topological polar surface area (TPSA) is 84.5 Å². The molecule has 0 aromatic rings. The van der Waals surface area contributed by atoms with Crippen LogP contribution >= 0.6 is 0 Å². The maximum absolute atomic E-state index is 11.6. The fraction of sp³-hybridized carbons (Fsp3) is 0.769. The lowest BCUT2D eigenvalue weighted by Crippen LogP contribution is -2.44. The van der Waals surface area contributed by atoms with Crippen LogP contribution in [0.5, 0.6) is 0 Å². The van der Waals surface area contributed by atoms with Gasteiger partial charge in [-0.1, -0.05) is 0 Å². The van der Waals surface area contributed by atoms with E-state index in [1.54, 1.807) is 20.8 Å². The SMILES string of the molecule is CC(=O)C(CC1CCNC1=O)NC(=O)OC(C)(C)C. The van der Waals surface area contributed by atoms with Crippen LogP contribution in [0.4, 0.5) is 4.79 Å². The monoisotopic (exact) mass is 270 g/mol. The second kappa shape index (κ2) is 6.04. The first-order valence-corrected chi connectivity index (χ1v) is 6.46. The molecule has 6 nitrogen and oxygen atoms in total. The summed E-state index contributed by atoms with van der Waals surface area (Å²) in [7, 11) is 0. The van der Waals surface area contributed by atoms with Gasteiger partial charge in [0.15, 0.2) is 5.78 Å². The van der Waals surface area contributed by atoms with E-state index in [0.717, 1.165) is 0 Å². The van der Waals surface area contributed by atoms with Crippen LogP contribution in [0.3, 0.4) is 0 Å². The van der Waals surface area contributed by atoms with E-state index in [0.29, 0.717) is 19.4 Å². The van der Waals surface area contributed by atoms with E-state index < -0.39 is 17.7 Å². The van der Waals surface area contributed by atoms with Gasteiger partial charge in [0, 0.05) is 12.5 Å². The maximum Gasteiger partial charge on any atom is 0.408 e. The highest BCUT2D eigenvalue weighted by Gasteiger charge is 2.30. The van der Waals surface area contributed by atoms with Gasteiger partial charge in [-0.15, -0.1) is 0 Å². The zero-order chi connectivity index (χ0) is 14.6. The van der Waals surface area contributed by atoms with Gasteiger partial charge in [0.05, 0.1) is 6.04 Å². The molecule has 2 N–H and O–H groups in total. The third-order valence-electron chi connectivity index (χ3n) is 2.86. The Morgan fingerprint density at radius 3 is 2.53 bits per heavy atom. The number of hydrogen-bond acceptors (Lipinski definition) is 4. The molecule has 1 fully saturated rings. The van der Waals surface area contributed by atoms with Gasteiger partial charge >= 0.3 is 6.09 Å². The van der Waals surface area contributed by atoms with Crippen LogP contribution in [0.2, 0.25) is 0 Å². The van der Waals surface area contributed by atoms with E-state index >= 15 is 0 Å². The quantitative estimate of drug-likeness (QED) is 0.798. The molecular weight excluding hydrogens is 248 g/mol. The first kappa shape index (κ1) is 15.5. The van der Waals surface area contributed by atoms with Crippen LogP contribution in [0.1, 0.15) is 40.5 Å². The molecule has 1 saturated heterocycles. The minimum atomic E-state index is -0.677. The van der Waals surface area contributed by atoms with E-state index in [-0.39, 0.29) is 17.6 Å². The summed E-state index contributed by atoms with van der Waals surface area (Å²) in [5.74, 6) is -0.452. The Morgan fingerprint density at radius 1 is 1.47 bits per heavy atom. The van der Waals surface area contributed by atoms with E-state index in [2.05, 4.69) is 10.6 Å². The second-order valence-electron chi connectivity index (χ2n) is 5.82. The number of Topliss-reactive ketones (excluding diaryl/α,β-unsaturated/α-hetero) is 1. The molecule has 2 amide bonds. The summed E-state index contributed by atoms with van der Waals surface area (Å²) >= 11 is 0. The van der Waals surface area contributed by atoms with Gasteiger partial charge in [0.2, 0.25) is 5.91 Å². The van der Waals surface area contributed by atoms with Crippen molar-refractivity contribution in [1.82, 2.24) is 10.6 Å². The molecule has 1 rings (SSSR count). The van der Waals surface area contributed by atoms with Crippen molar-refractivity contribution in [3.63, 3.8) is 0 Å². The summed E-state index contributed by atoms with van der Waals surface area (Å²) < 4.78 is 5.11. The summed E-state index contributed by atoms with van der Waals surface area (Å²) in [6.45, 7) is 7.27. The second-order valence-corrected chi connectivity index (χ2v) is 5.82. The number of ketones is 1. The molecule has 0 bridgehead atoms. The summed E-state index contributed by atoms with van der Waals surface area (Å²) in [5.41, 5.74) is -0.615. The van der Waals surface area contributed by atoms with Gasteiger partial charge < -0.3 is 15.4 Å². The van der Waals surface area contributed by atoms with Gasteiger partial charge in [0.1, 0.15) is 5.60 Å². The first-order chi connectivity index (χ1) is 8.69.